The van der Waals surface area contributed by atoms with Crippen LogP contribution in [0.5, 0.6) is 0 Å². The summed E-state index contributed by atoms with van der Waals surface area (Å²) in [5.41, 5.74) is 4.64. The zero-order valence-electron chi connectivity index (χ0n) is 16.4. The largest absolute Gasteiger partial charge is 0.350 e. The molecule has 3 N–H and O–H groups in total. The lowest BCUT2D eigenvalue weighted by atomic mass is 10.0. The Bertz CT molecular complexity index is 1050. The van der Waals surface area contributed by atoms with E-state index in [9.17, 15) is 14.4 Å². The number of fused-ring (bicyclic) bond motifs is 2. The quantitative estimate of drug-likeness (QED) is 0.633. The number of hydrogen-bond acceptors (Lipinski definition) is 7. The van der Waals surface area contributed by atoms with Gasteiger partial charge in [0.05, 0.1) is 5.69 Å². The maximum Gasteiger partial charge on any atom is 0.255 e. The summed E-state index contributed by atoms with van der Waals surface area (Å²) in [7, 11) is 0. The van der Waals surface area contributed by atoms with E-state index in [0.717, 1.165) is 41.9 Å². The van der Waals surface area contributed by atoms with Crippen molar-refractivity contribution in [3.63, 3.8) is 0 Å². The number of carbonyl (C=O) groups is 3. The Labute approximate surface area is 173 Å². The van der Waals surface area contributed by atoms with Gasteiger partial charge in [0.25, 0.3) is 5.91 Å². The Morgan fingerprint density at radius 2 is 2.07 bits per heavy atom. The number of aromatic nitrogens is 2. The molecule has 3 amide bonds. The number of piperidine rings is 1. The summed E-state index contributed by atoms with van der Waals surface area (Å²) in [6.45, 7) is 2.60. The van der Waals surface area contributed by atoms with Gasteiger partial charge >= 0.3 is 0 Å². The van der Waals surface area contributed by atoms with E-state index in [1.807, 2.05) is 24.4 Å². The lowest BCUT2D eigenvalue weighted by Gasteiger charge is -2.29. The summed E-state index contributed by atoms with van der Waals surface area (Å²) in [6.07, 6.45) is 3.35. The predicted octanol–water partition coefficient (Wildman–Crippen LogP) is 0.495. The molecular weight excluding hydrogens is 384 g/mol. The Morgan fingerprint density at radius 3 is 2.93 bits per heavy atom. The van der Waals surface area contributed by atoms with E-state index in [1.54, 1.807) is 4.90 Å². The van der Waals surface area contributed by atoms with Crippen molar-refractivity contribution in [3.8, 4) is 0 Å². The molecule has 1 aromatic carbocycles. The number of imide groups is 1. The van der Waals surface area contributed by atoms with Crippen LogP contribution in [0.3, 0.4) is 0 Å². The maximum atomic E-state index is 12.9. The van der Waals surface area contributed by atoms with Crippen molar-refractivity contribution in [2.45, 2.75) is 44.9 Å². The van der Waals surface area contributed by atoms with Crippen LogP contribution in [0.1, 0.15) is 45.6 Å². The zero-order chi connectivity index (χ0) is 20.7. The molecule has 154 valence electrons. The molecule has 1 aromatic heterocycles. The van der Waals surface area contributed by atoms with Crippen LogP contribution in [-0.4, -0.2) is 45.2 Å². The van der Waals surface area contributed by atoms with Crippen LogP contribution in [0, 0.1) is 0 Å². The molecule has 1 atom stereocenters. The second-order valence-electron chi connectivity index (χ2n) is 7.84. The number of benzene rings is 1. The van der Waals surface area contributed by atoms with Crippen LogP contribution < -0.4 is 16.0 Å². The SMILES string of the molecule is O=C1CCC(N2Cc3ccc(CNc4ncc5c(n4)CCNC5)cc3C2=O)C(=O)N1. The highest BCUT2D eigenvalue weighted by molar-refractivity contribution is 6.05. The van der Waals surface area contributed by atoms with Crippen LogP contribution in [-0.2, 0) is 35.6 Å². The minimum atomic E-state index is -0.595. The lowest BCUT2D eigenvalue weighted by Crippen LogP contribution is -2.52. The fraction of sp³-hybridized carbons (Fsp3) is 0.381. The van der Waals surface area contributed by atoms with Gasteiger partial charge in [-0.3, -0.25) is 19.7 Å². The molecule has 0 spiro atoms. The second kappa shape index (κ2) is 7.49. The Kier molecular flexibility index (Phi) is 4.66. The zero-order valence-corrected chi connectivity index (χ0v) is 16.4. The standard InChI is InChI=1S/C21H22N6O3/c28-18-4-3-17(19(29)26-18)27-11-13-2-1-12(7-15(13)20(27)30)8-23-21-24-10-14-9-22-6-5-16(14)25-21/h1-2,7,10,17,22H,3-6,8-9,11H2,(H,23,24,25)(H,26,28,29). The highest BCUT2D eigenvalue weighted by Crippen LogP contribution is 2.28. The van der Waals surface area contributed by atoms with Crippen LogP contribution in [0.2, 0.25) is 0 Å². The van der Waals surface area contributed by atoms with Gasteiger partial charge in [0.1, 0.15) is 6.04 Å². The van der Waals surface area contributed by atoms with Crippen molar-refractivity contribution in [2.75, 3.05) is 11.9 Å². The third-order valence-electron chi connectivity index (χ3n) is 5.85. The van der Waals surface area contributed by atoms with Crippen molar-refractivity contribution < 1.29 is 14.4 Å². The number of hydrogen-bond donors (Lipinski definition) is 3. The number of amides is 3. The lowest BCUT2D eigenvalue weighted by molar-refractivity contribution is -0.136. The van der Waals surface area contributed by atoms with E-state index in [2.05, 4.69) is 25.9 Å². The monoisotopic (exact) mass is 406 g/mol. The molecule has 3 aliphatic rings. The molecule has 0 radical (unpaired) electrons. The fourth-order valence-corrected chi connectivity index (χ4v) is 4.21. The first-order valence-corrected chi connectivity index (χ1v) is 10.1. The summed E-state index contributed by atoms with van der Waals surface area (Å²) in [5.74, 6) is -0.269. The van der Waals surface area contributed by atoms with Crippen LogP contribution in [0.25, 0.3) is 0 Å². The first-order valence-electron chi connectivity index (χ1n) is 10.1. The van der Waals surface area contributed by atoms with Crippen LogP contribution in [0.15, 0.2) is 24.4 Å². The van der Waals surface area contributed by atoms with Gasteiger partial charge in [0.15, 0.2) is 0 Å². The van der Waals surface area contributed by atoms with E-state index >= 15 is 0 Å². The summed E-state index contributed by atoms with van der Waals surface area (Å²) in [4.78, 5) is 47.0. The average molecular weight is 406 g/mol. The summed E-state index contributed by atoms with van der Waals surface area (Å²) >= 11 is 0. The van der Waals surface area contributed by atoms with Gasteiger partial charge < -0.3 is 15.5 Å². The van der Waals surface area contributed by atoms with E-state index in [-0.39, 0.29) is 18.2 Å². The van der Waals surface area contributed by atoms with Gasteiger partial charge in [-0.15, -0.1) is 0 Å². The van der Waals surface area contributed by atoms with E-state index in [4.69, 9.17) is 0 Å². The number of nitrogens with one attached hydrogen (secondary N) is 3. The summed E-state index contributed by atoms with van der Waals surface area (Å²) in [6, 6.07) is 5.16. The molecule has 30 heavy (non-hydrogen) atoms. The molecule has 0 saturated carbocycles. The predicted molar refractivity (Wildman–Crippen MR) is 107 cm³/mol. The summed E-state index contributed by atoms with van der Waals surface area (Å²) in [5, 5.41) is 8.86. The topological polar surface area (TPSA) is 116 Å². The highest BCUT2D eigenvalue weighted by Gasteiger charge is 2.39. The molecule has 3 aliphatic heterocycles. The van der Waals surface area contributed by atoms with E-state index in [0.29, 0.717) is 31.0 Å². The van der Waals surface area contributed by atoms with E-state index < -0.39 is 11.9 Å². The number of nitrogens with zero attached hydrogens (tertiary/aromatic N) is 3. The number of carbonyl (C=O) groups excluding carboxylic acids is 3. The first kappa shape index (κ1) is 18.7. The van der Waals surface area contributed by atoms with Crippen molar-refractivity contribution >= 4 is 23.7 Å². The fourth-order valence-electron chi connectivity index (χ4n) is 4.21. The Balaban J connectivity index is 1.28. The molecule has 0 aliphatic carbocycles. The first-order chi connectivity index (χ1) is 14.6. The second-order valence-corrected chi connectivity index (χ2v) is 7.84. The third kappa shape index (κ3) is 3.41. The Hall–Kier alpha value is -3.33. The van der Waals surface area contributed by atoms with Crippen molar-refractivity contribution in [1.29, 1.82) is 0 Å². The van der Waals surface area contributed by atoms with Crippen molar-refractivity contribution in [1.82, 2.24) is 25.5 Å². The van der Waals surface area contributed by atoms with Crippen LogP contribution >= 0.6 is 0 Å². The van der Waals surface area contributed by atoms with E-state index in [1.165, 1.54) is 0 Å². The van der Waals surface area contributed by atoms with Gasteiger partial charge in [-0.1, -0.05) is 12.1 Å². The molecule has 0 bridgehead atoms. The molecule has 9 heteroatoms. The maximum absolute atomic E-state index is 12.9. The third-order valence-corrected chi connectivity index (χ3v) is 5.85. The molecule has 1 fully saturated rings. The van der Waals surface area contributed by atoms with Crippen LogP contribution in [0.4, 0.5) is 5.95 Å². The molecule has 1 unspecified atom stereocenters. The van der Waals surface area contributed by atoms with Crippen molar-refractivity contribution in [3.05, 3.63) is 52.3 Å². The normalized spacial score (nSPS) is 20.6. The minimum Gasteiger partial charge on any atom is -0.350 e. The molecule has 9 nitrogen and oxygen atoms in total. The van der Waals surface area contributed by atoms with Gasteiger partial charge in [0.2, 0.25) is 17.8 Å². The smallest absolute Gasteiger partial charge is 0.255 e. The molecule has 5 rings (SSSR count). The molecule has 4 heterocycles. The highest BCUT2D eigenvalue weighted by atomic mass is 16.2. The van der Waals surface area contributed by atoms with Gasteiger partial charge in [-0.2, -0.15) is 0 Å². The summed E-state index contributed by atoms with van der Waals surface area (Å²) < 4.78 is 0. The number of rotatable bonds is 4. The van der Waals surface area contributed by atoms with Crippen molar-refractivity contribution in [2.24, 2.45) is 0 Å². The van der Waals surface area contributed by atoms with Gasteiger partial charge in [-0.25, -0.2) is 9.97 Å². The number of anilines is 1. The minimum absolute atomic E-state index is 0.168. The van der Waals surface area contributed by atoms with Gasteiger partial charge in [0, 0.05) is 56.3 Å². The molecular formula is C21H22N6O3. The Morgan fingerprint density at radius 1 is 1.17 bits per heavy atom. The van der Waals surface area contributed by atoms with Gasteiger partial charge in [-0.05, 0) is 23.6 Å². The molecule has 1 saturated heterocycles. The average Bonchev–Trinajstić information content (AvgIpc) is 3.08. The molecule has 2 aromatic rings.